The third-order valence-electron chi connectivity index (χ3n) is 3.52. The highest BCUT2D eigenvalue weighted by atomic mass is 16.5. The minimum absolute atomic E-state index is 0.0732. The number of rotatable bonds is 11. The lowest BCUT2D eigenvalue weighted by Gasteiger charge is -2.14. The van der Waals surface area contributed by atoms with Crippen molar-refractivity contribution in [3.63, 3.8) is 0 Å². The van der Waals surface area contributed by atoms with Gasteiger partial charge >= 0.3 is 0 Å². The second-order valence-electron chi connectivity index (χ2n) is 5.13. The van der Waals surface area contributed by atoms with E-state index >= 15 is 0 Å². The fraction of sp³-hybridized carbons (Fsp3) is 0.733. The van der Waals surface area contributed by atoms with Gasteiger partial charge in [0.15, 0.2) is 0 Å². The molecule has 20 heavy (non-hydrogen) atoms. The molecule has 0 aliphatic carbocycles. The van der Waals surface area contributed by atoms with Crippen LogP contribution in [0.25, 0.3) is 0 Å². The monoisotopic (exact) mass is 280 g/mol. The van der Waals surface area contributed by atoms with Gasteiger partial charge in [0.05, 0.1) is 18.8 Å². The van der Waals surface area contributed by atoms with Gasteiger partial charge in [0, 0.05) is 6.07 Å². The minimum Gasteiger partial charge on any atom is -0.480 e. The summed E-state index contributed by atoms with van der Waals surface area (Å²) in [5.41, 5.74) is 3.70. The summed E-state index contributed by atoms with van der Waals surface area (Å²) < 4.78 is 5.00. The highest BCUT2D eigenvalue weighted by Crippen LogP contribution is 2.18. The Morgan fingerprint density at radius 2 is 1.80 bits per heavy atom. The van der Waals surface area contributed by atoms with Gasteiger partial charge in [0.25, 0.3) is 0 Å². The van der Waals surface area contributed by atoms with Crippen LogP contribution in [0, 0.1) is 0 Å². The van der Waals surface area contributed by atoms with Crippen molar-refractivity contribution < 1.29 is 4.74 Å². The number of ether oxygens (including phenoxy) is 1. The van der Waals surface area contributed by atoms with Crippen molar-refractivity contribution in [2.24, 2.45) is 5.84 Å². The summed E-state index contributed by atoms with van der Waals surface area (Å²) in [4.78, 5) is 0. The predicted molar refractivity (Wildman–Crippen MR) is 81.3 cm³/mol. The summed E-state index contributed by atoms with van der Waals surface area (Å²) in [6.45, 7) is 2.24. The van der Waals surface area contributed by atoms with Crippen molar-refractivity contribution in [3.8, 4) is 5.88 Å². The van der Waals surface area contributed by atoms with Crippen LogP contribution in [-0.4, -0.2) is 17.3 Å². The maximum Gasteiger partial charge on any atom is 0.233 e. The Kier molecular flexibility index (Phi) is 8.91. The van der Waals surface area contributed by atoms with Gasteiger partial charge in [-0.2, -0.15) is 5.10 Å². The maximum absolute atomic E-state index is 5.61. The molecular weight excluding hydrogens is 252 g/mol. The quantitative estimate of drug-likeness (QED) is 0.370. The highest BCUT2D eigenvalue weighted by molar-refractivity contribution is 5.13. The maximum atomic E-state index is 5.61. The Morgan fingerprint density at radius 3 is 2.35 bits per heavy atom. The molecule has 1 unspecified atom stereocenters. The third kappa shape index (κ3) is 6.30. The zero-order valence-corrected chi connectivity index (χ0v) is 12.8. The lowest BCUT2D eigenvalue weighted by molar-refractivity contribution is 0.387. The number of aromatic nitrogens is 2. The van der Waals surface area contributed by atoms with Crippen LogP contribution in [0.3, 0.4) is 0 Å². The molecule has 0 amide bonds. The van der Waals surface area contributed by atoms with Crippen molar-refractivity contribution in [2.45, 2.75) is 64.3 Å². The largest absolute Gasteiger partial charge is 0.480 e. The smallest absolute Gasteiger partial charge is 0.233 e. The first-order chi connectivity index (χ1) is 9.81. The van der Waals surface area contributed by atoms with E-state index in [9.17, 15) is 0 Å². The lowest BCUT2D eigenvalue weighted by Crippen LogP contribution is -2.28. The number of methoxy groups -OCH3 is 1. The number of nitrogens with two attached hydrogens (primary N) is 1. The molecule has 0 saturated carbocycles. The fourth-order valence-electron chi connectivity index (χ4n) is 2.25. The third-order valence-corrected chi connectivity index (χ3v) is 3.52. The molecule has 1 aromatic rings. The SMILES string of the molecule is CCCCCCCCCC(NN)c1ccc(OC)nn1. The minimum atomic E-state index is 0.0732. The van der Waals surface area contributed by atoms with E-state index in [1.807, 2.05) is 12.1 Å². The van der Waals surface area contributed by atoms with Crippen molar-refractivity contribution in [3.05, 3.63) is 17.8 Å². The molecule has 0 saturated heterocycles. The van der Waals surface area contributed by atoms with E-state index in [0.717, 1.165) is 18.5 Å². The Morgan fingerprint density at radius 1 is 1.10 bits per heavy atom. The van der Waals surface area contributed by atoms with Crippen molar-refractivity contribution in [2.75, 3.05) is 7.11 Å². The Bertz CT molecular complexity index is 342. The number of unbranched alkanes of at least 4 members (excludes halogenated alkanes) is 6. The van der Waals surface area contributed by atoms with Gasteiger partial charge in [-0.1, -0.05) is 51.9 Å². The standard InChI is InChI=1S/C15H28N4O/c1-3-4-5-6-7-8-9-10-13(17-16)14-11-12-15(20-2)19-18-14/h11-13,17H,3-10,16H2,1-2H3. The van der Waals surface area contributed by atoms with Crippen LogP contribution in [0.1, 0.15) is 70.0 Å². The number of nitrogens with one attached hydrogen (secondary N) is 1. The van der Waals surface area contributed by atoms with E-state index in [2.05, 4.69) is 22.5 Å². The van der Waals surface area contributed by atoms with Crippen molar-refractivity contribution in [1.29, 1.82) is 0 Å². The second-order valence-corrected chi connectivity index (χ2v) is 5.13. The van der Waals surface area contributed by atoms with Gasteiger partial charge in [-0.3, -0.25) is 11.3 Å². The molecule has 1 aromatic heterocycles. The molecule has 0 bridgehead atoms. The van der Waals surface area contributed by atoms with E-state index < -0.39 is 0 Å². The molecule has 0 fully saturated rings. The van der Waals surface area contributed by atoms with Crippen LogP contribution in [0.2, 0.25) is 0 Å². The summed E-state index contributed by atoms with van der Waals surface area (Å²) in [7, 11) is 1.58. The molecule has 0 aliphatic heterocycles. The van der Waals surface area contributed by atoms with Crippen LogP contribution >= 0.6 is 0 Å². The summed E-state index contributed by atoms with van der Waals surface area (Å²) in [6.07, 6.45) is 10.1. The molecule has 0 aromatic carbocycles. The normalized spacial score (nSPS) is 12.3. The van der Waals surface area contributed by atoms with E-state index in [1.54, 1.807) is 7.11 Å². The van der Waals surface area contributed by atoms with Gasteiger partial charge < -0.3 is 4.74 Å². The Balaban J connectivity index is 2.24. The molecule has 5 heteroatoms. The average molecular weight is 280 g/mol. The van der Waals surface area contributed by atoms with Gasteiger partial charge in [-0.05, 0) is 12.5 Å². The van der Waals surface area contributed by atoms with E-state index in [-0.39, 0.29) is 6.04 Å². The molecule has 0 aliphatic rings. The molecule has 114 valence electrons. The van der Waals surface area contributed by atoms with E-state index in [0.29, 0.717) is 5.88 Å². The molecule has 1 atom stereocenters. The lowest BCUT2D eigenvalue weighted by atomic mass is 10.0. The summed E-state index contributed by atoms with van der Waals surface area (Å²) in [5.74, 6) is 6.13. The molecule has 1 heterocycles. The van der Waals surface area contributed by atoms with Gasteiger partial charge in [-0.25, -0.2) is 0 Å². The summed E-state index contributed by atoms with van der Waals surface area (Å²) in [5, 5.41) is 8.12. The van der Waals surface area contributed by atoms with Crippen LogP contribution < -0.4 is 16.0 Å². The zero-order chi connectivity index (χ0) is 14.6. The van der Waals surface area contributed by atoms with Gasteiger partial charge in [0.2, 0.25) is 5.88 Å². The van der Waals surface area contributed by atoms with Crippen LogP contribution in [0.15, 0.2) is 12.1 Å². The van der Waals surface area contributed by atoms with Crippen LogP contribution in [0.5, 0.6) is 5.88 Å². The average Bonchev–Trinajstić information content (AvgIpc) is 2.50. The van der Waals surface area contributed by atoms with E-state index in [4.69, 9.17) is 10.6 Å². The first-order valence-electron chi connectivity index (χ1n) is 7.65. The number of nitrogens with zero attached hydrogens (tertiary/aromatic N) is 2. The number of hydrogen-bond acceptors (Lipinski definition) is 5. The Labute approximate surface area is 122 Å². The van der Waals surface area contributed by atoms with Gasteiger partial charge in [0.1, 0.15) is 0 Å². The van der Waals surface area contributed by atoms with Crippen molar-refractivity contribution in [1.82, 2.24) is 15.6 Å². The molecule has 0 spiro atoms. The highest BCUT2D eigenvalue weighted by Gasteiger charge is 2.11. The molecule has 0 radical (unpaired) electrons. The van der Waals surface area contributed by atoms with Crippen LogP contribution in [0.4, 0.5) is 0 Å². The Hall–Kier alpha value is -1.20. The molecular formula is C15H28N4O. The van der Waals surface area contributed by atoms with Gasteiger partial charge in [-0.15, -0.1) is 5.10 Å². The van der Waals surface area contributed by atoms with Crippen molar-refractivity contribution >= 4 is 0 Å². The van der Waals surface area contributed by atoms with Crippen LogP contribution in [-0.2, 0) is 0 Å². The number of hydrazine groups is 1. The summed E-state index contributed by atoms with van der Waals surface area (Å²) in [6, 6.07) is 3.80. The zero-order valence-electron chi connectivity index (χ0n) is 12.8. The number of hydrogen-bond donors (Lipinski definition) is 2. The second kappa shape index (κ2) is 10.6. The topological polar surface area (TPSA) is 73.1 Å². The first kappa shape index (κ1) is 16.9. The summed E-state index contributed by atoms with van der Waals surface area (Å²) >= 11 is 0. The van der Waals surface area contributed by atoms with E-state index in [1.165, 1.54) is 38.5 Å². The molecule has 1 rings (SSSR count). The predicted octanol–water partition coefficient (Wildman–Crippen LogP) is 3.13. The molecule has 3 N–H and O–H groups in total. The molecule has 5 nitrogen and oxygen atoms in total. The fourth-order valence-corrected chi connectivity index (χ4v) is 2.25. The first-order valence-corrected chi connectivity index (χ1v) is 7.65.